The van der Waals surface area contributed by atoms with Gasteiger partial charge in [0.2, 0.25) is 0 Å². The van der Waals surface area contributed by atoms with Crippen LogP contribution in [0.25, 0.3) is 0 Å². The summed E-state index contributed by atoms with van der Waals surface area (Å²) in [6.45, 7) is 0. The van der Waals surface area contributed by atoms with Gasteiger partial charge < -0.3 is 5.11 Å². The molecule has 2 nitrogen and oxygen atoms in total. The lowest BCUT2D eigenvalue weighted by atomic mass is 10.1. The van der Waals surface area contributed by atoms with E-state index in [2.05, 4.69) is 0 Å². The Kier molecular flexibility index (Phi) is 5.85. The molecule has 0 fully saturated rings. The maximum atomic E-state index is 11.9. The van der Waals surface area contributed by atoms with Crippen molar-refractivity contribution in [2.24, 2.45) is 0 Å². The van der Waals surface area contributed by atoms with Crippen LogP contribution in [-0.2, 0) is 4.79 Å². The third-order valence-corrected chi connectivity index (χ3v) is 3.07. The van der Waals surface area contributed by atoms with Crippen molar-refractivity contribution >= 4 is 16.2 Å². The molecule has 19 heavy (non-hydrogen) atoms. The van der Waals surface area contributed by atoms with E-state index in [1.807, 2.05) is 0 Å². The number of allylic oxidation sites excluding steroid dienone is 1. The van der Waals surface area contributed by atoms with Crippen molar-refractivity contribution in [3.63, 3.8) is 0 Å². The Labute approximate surface area is 109 Å². The fraction of sp³-hybridized carbons (Fsp3) is 0.727. The Balaban J connectivity index is 3.53. The van der Waals surface area contributed by atoms with Crippen LogP contribution in [0, 0.1) is 0 Å². The lowest BCUT2D eigenvalue weighted by Gasteiger charge is -2.36. The van der Waals surface area contributed by atoms with E-state index in [9.17, 15) is 24.2 Å². The van der Waals surface area contributed by atoms with Gasteiger partial charge in [0.1, 0.15) is 0 Å². The smallest absolute Gasteiger partial charge is 0.304 e. The summed E-state index contributed by atoms with van der Waals surface area (Å²) in [7, 11) is -9.38. The molecule has 0 saturated carbocycles. The maximum absolute atomic E-state index is 11.9. The van der Waals surface area contributed by atoms with Crippen molar-refractivity contribution in [2.75, 3.05) is 0 Å². The molecule has 0 amide bonds. The molecule has 8 heteroatoms. The normalized spacial score (nSPS) is 16.3. The highest BCUT2D eigenvalue weighted by Gasteiger charge is 2.60. The second-order valence-electron chi connectivity index (χ2n) is 4.45. The Morgan fingerprint density at radius 2 is 1.37 bits per heavy atom. The Hall–Kier alpha value is -0.790. The highest BCUT2D eigenvalue weighted by molar-refractivity contribution is 8.48. The molecule has 0 aromatic carbocycles. The van der Waals surface area contributed by atoms with Crippen molar-refractivity contribution in [3.05, 3.63) is 11.5 Å². The number of halogens is 5. The number of hydrogen-bond acceptors (Lipinski definition) is 1. The highest BCUT2D eigenvalue weighted by atomic mass is 32.5. The fourth-order valence-corrected chi connectivity index (χ4v) is 2.00. The third-order valence-electron chi connectivity index (χ3n) is 2.36. The van der Waals surface area contributed by atoms with E-state index in [0.717, 1.165) is 19.3 Å². The number of carboxylic acid groups (broad SMARTS) is 1. The van der Waals surface area contributed by atoms with Crippen LogP contribution in [0.3, 0.4) is 0 Å². The predicted octanol–water partition coefficient (Wildman–Crippen LogP) is 6.00. The van der Waals surface area contributed by atoms with Crippen molar-refractivity contribution < 1.29 is 29.3 Å². The summed E-state index contributed by atoms with van der Waals surface area (Å²) >= 11 is 0. The molecule has 1 N–H and O–H groups in total. The number of rotatable bonds is 10. The van der Waals surface area contributed by atoms with Crippen LogP contribution < -0.4 is 0 Å². The van der Waals surface area contributed by atoms with Gasteiger partial charge in [0, 0.05) is 6.42 Å². The quantitative estimate of drug-likeness (QED) is 0.396. The first-order valence-corrected chi connectivity index (χ1v) is 8.04. The SMILES string of the molecule is O=C(O)CCCCCCCC/C=C/S(F)(F)(F)(F)F. The first kappa shape index (κ1) is 18.2. The fourth-order valence-electron chi connectivity index (χ4n) is 1.50. The summed E-state index contributed by atoms with van der Waals surface area (Å²) in [6.07, 6.45) is 4.55. The zero-order valence-electron chi connectivity index (χ0n) is 10.5. The van der Waals surface area contributed by atoms with Gasteiger partial charge in [-0.05, 0) is 19.3 Å². The van der Waals surface area contributed by atoms with Crippen molar-refractivity contribution in [1.82, 2.24) is 0 Å². The molecule has 0 spiro atoms. The second-order valence-corrected chi connectivity index (χ2v) is 6.78. The van der Waals surface area contributed by atoms with Gasteiger partial charge in [0.15, 0.2) is 0 Å². The predicted molar refractivity (Wildman–Crippen MR) is 66.8 cm³/mol. The Morgan fingerprint density at radius 3 is 1.84 bits per heavy atom. The Bertz CT molecular complexity index is 322. The van der Waals surface area contributed by atoms with Gasteiger partial charge >= 0.3 is 16.2 Å². The number of hydrogen-bond donors (Lipinski definition) is 1. The molecule has 0 aliphatic heterocycles. The maximum Gasteiger partial charge on any atom is 0.304 e. The highest BCUT2D eigenvalue weighted by Crippen LogP contribution is 2.98. The van der Waals surface area contributed by atoms with Crippen molar-refractivity contribution in [2.45, 2.75) is 51.4 Å². The van der Waals surface area contributed by atoms with Gasteiger partial charge in [-0.15, -0.1) is 0 Å². The summed E-state index contributed by atoms with van der Waals surface area (Å²) in [5.41, 5.74) is 0. The molecule has 116 valence electrons. The van der Waals surface area contributed by atoms with E-state index < -0.39 is 21.6 Å². The molecule has 0 aliphatic carbocycles. The zero-order valence-corrected chi connectivity index (χ0v) is 11.3. The van der Waals surface area contributed by atoms with E-state index in [4.69, 9.17) is 5.11 Å². The van der Waals surface area contributed by atoms with E-state index in [-0.39, 0.29) is 12.8 Å². The van der Waals surface area contributed by atoms with Crippen LogP contribution in [0.5, 0.6) is 0 Å². The minimum Gasteiger partial charge on any atom is -0.481 e. The average molecular weight is 310 g/mol. The van der Waals surface area contributed by atoms with Crippen molar-refractivity contribution in [3.8, 4) is 0 Å². The number of carboxylic acids is 1. The molecule has 0 atom stereocenters. The molecule has 0 aliphatic rings. The van der Waals surface area contributed by atoms with Crippen LogP contribution >= 0.6 is 10.2 Å². The van der Waals surface area contributed by atoms with E-state index in [1.54, 1.807) is 0 Å². The van der Waals surface area contributed by atoms with Gasteiger partial charge in [-0.1, -0.05) is 51.2 Å². The van der Waals surface area contributed by atoms with Gasteiger partial charge in [-0.3, -0.25) is 4.79 Å². The summed E-state index contributed by atoms with van der Waals surface area (Å²) in [4.78, 5) is 10.2. The lowest BCUT2D eigenvalue weighted by Crippen LogP contribution is -1.98. The van der Waals surface area contributed by atoms with Gasteiger partial charge in [0.25, 0.3) is 0 Å². The topological polar surface area (TPSA) is 37.3 Å². The summed E-state index contributed by atoms with van der Waals surface area (Å²) in [6, 6.07) is 0. The lowest BCUT2D eigenvalue weighted by molar-refractivity contribution is -0.137. The molecule has 0 aromatic heterocycles. The minimum absolute atomic E-state index is 0.0271. The molecule has 0 aromatic rings. The summed E-state index contributed by atoms with van der Waals surface area (Å²) in [5.74, 6) is -0.846. The zero-order chi connectivity index (χ0) is 15.1. The second kappa shape index (κ2) is 6.11. The molecule has 0 bridgehead atoms. The molecule has 0 radical (unpaired) electrons. The molecule has 0 saturated heterocycles. The van der Waals surface area contributed by atoms with E-state index in [1.165, 1.54) is 0 Å². The molecule has 0 rings (SSSR count). The first-order valence-electron chi connectivity index (χ1n) is 6.03. The molecule has 0 unspecified atom stereocenters. The standard InChI is InChI=1S/C11H19F5O2S/c12-19(13,14,15,16)10-8-6-4-2-1-3-5-7-9-11(17)18/h8,10H,1-7,9H2,(H,17,18)/b10-8+. The molecular formula is C11H19F5O2S. The van der Waals surface area contributed by atoms with Crippen molar-refractivity contribution in [1.29, 1.82) is 0 Å². The third kappa shape index (κ3) is 17.2. The minimum atomic E-state index is -9.38. The van der Waals surface area contributed by atoms with E-state index in [0.29, 0.717) is 25.3 Å². The van der Waals surface area contributed by atoms with E-state index >= 15 is 0 Å². The monoisotopic (exact) mass is 310 g/mol. The number of aliphatic carboxylic acids is 1. The number of carbonyl (C=O) groups is 1. The first-order chi connectivity index (χ1) is 8.39. The Morgan fingerprint density at radius 1 is 0.895 bits per heavy atom. The summed E-state index contributed by atoms with van der Waals surface area (Å²) in [5, 5.41) is 7.47. The van der Waals surface area contributed by atoms with Crippen LogP contribution in [-0.4, -0.2) is 11.1 Å². The molecule has 0 heterocycles. The van der Waals surface area contributed by atoms with Crippen LogP contribution in [0.4, 0.5) is 19.4 Å². The average Bonchev–Trinajstić information content (AvgIpc) is 2.17. The largest absolute Gasteiger partial charge is 0.481 e. The van der Waals surface area contributed by atoms with Gasteiger partial charge in [0.05, 0.1) is 5.41 Å². The van der Waals surface area contributed by atoms with Gasteiger partial charge in [-0.25, -0.2) is 0 Å². The van der Waals surface area contributed by atoms with Crippen LogP contribution in [0.1, 0.15) is 51.4 Å². The molecular weight excluding hydrogens is 291 g/mol. The number of unbranched alkanes of at least 4 members (excludes halogenated alkanes) is 6. The summed E-state index contributed by atoms with van der Waals surface area (Å²) < 4.78 is 59.3. The van der Waals surface area contributed by atoms with Crippen LogP contribution in [0.2, 0.25) is 0 Å². The van der Waals surface area contributed by atoms with Crippen LogP contribution in [0.15, 0.2) is 11.5 Å². The van der Waals surface area contributed by atoms with Gasteiger partial charge in [-0.2, -0.15) is 0 Å².